The molecule has 0 saturated carbocycles. The van der Waals surface area contributed by atoms with Crippen LogP contribution in [0.1, 0.15) is 22.3 Å². The zero-order valence-corrected chi connectivity index (χ0v) is 14.2. The van der Waals surface area contributed by atoms with Crippen molar-refractivity contribution in [3.8, 4) is 0 Å². The molecule has 1 aliphatic heterocycles. The van der Waals surface area contributed by atoms with Crippen LogP contribution >= 0.6 is 11.8 Å². The predicted octanol–water partition coefficient (Wildman–Crippen LogP) is 4.50. The summed E-state index contributed by atoms with van der Waals surface area (Å²) >= 11 is 1.38. The number of thioether (sulfide) groups is 1. The quantitative estimate of drug-likeness (QED) is 0.827. The summed E-state index contributed by atoms with van der Waals surface area (Å²) in [6.45, 7) is 6.12. The molecule has 0 atom stereocenters. The van der Waals surface area contributed by atoms with Crippen LogP contribution < -0.4 is 5.32 Å². The Kier molecular flexibility index (Phi) is 4.35. The van der Waals surface area contributed by atoms with Gasteiger partial charge in [0.2, 0.25) is 0 Å². The first kappa shape index (κ1) is 15.6. The highest BCUT2D eigenvalue weighted by Crippen LogP contribution is 2.29. The van der Waals surface area contributed by atoms with Crippen molar-refractivity contribution in [1.29, 1.82) is 0 Å². The number of amides is 1. The summed E-state index contributed by atoms with van der Waals surface area (Å²) in [7, 11) is 0. The van der Waals surface area contributed by atoms with Crippen LogP contribution in [0.15, 0.2) is 52.4 Å². The van der Waals surface area contributed by atoms with Crippen LogP contribution in [0.2, 0.25) is 0 Å². The fourth-order valence-corrected chi connectivity index (χ4v) is 3.18. The summed E-state index contributed by atoms with van der Waals surface area (Å²) in [4.78, 5) is 17.3. The molecule has 1 aliphatic rings. The summed E-state index contributed by atoms with van der Waals surface area (Å²) in [5.74, 6) is -0.0951. The number of aryl methyl sites for hydroxylation is 3. The van der Waals surface area contributed by atoms with Crippen LogP contribution in [0, 0.1) is 20.8 Å². The molecule has 0 aromatic heterocycles. The van der Waals surface area contributed by atoms with Gasteiger partial charge in [-0.05, 0) is 67.4 Å². The molecule has 2 aromatic carbocycles. The lowest BCUT2D eigenvalue weighted by Gasteiger charge is -2.02. The molecule has 1 saturated heterocycles. The van der Waals surface area contributed by atoms with E-state index in [-0.39, 0.29) is 5.91 Å². The molecular formula is C19H18N2OS. The van der Waals surface area contributed by atoms with E-state index in [0.717, 1.165) is 22.4 Å². The third-order valence-electron chi connectivity index (χ3n) is 3.60. The highest BCUT2D eigenvalue weighted by molar-refractivity contribution is 8.18. The lowest BCUT2D eigenvalue weighted by molar-refractivity contribution is -0.115. The molecule has 4 heteroatoms. The third-order valence-corrected chi connectivity index (χ3v) is 4.51. The van der Waals surface area contributed by atoms with E-state index in [2.05, 4.69) is 28.5 Å². The van der Waals surface area contributed by atoms with Crippen molar-refractivity contribution in [3.05, 3.63) is 69.6 Å². The van der Waals surface area contributed by atoms with Crippen molar-refractivity contribution in [1.82, 2.24) is 5.32 Å². The summed E-state index contributed by atoms with van der Waals surface area (Å²) in [6, 6.07) is 14.1. The Labute approximate surface area is 140 Å². The van der Waals surface area contributed by atoms with E-state index in [1.807, 2.05) is 51.1 Å². The number of carbonyl (C=O) groups excluding carboxylic acids is 1. The zero-order chi connectivity index (χ0) is 16.4. The van der Waals surface area contributed by atoms with Crippen LogP contribution in [-0.2, 0) is 4.79 Å². The molecule has 0 bridgehead atoms. The maximum Gasteiger partial charge on any atom is 0.264 e. The van der Waals surface area contributed by atoms with Crippen LogP contribution in [0.3, 0.4) is 0 Å². The topological polar surface area (TPSA) is 41.5 Å². The minimum atomic E-state index is -0.0951. The largest absolute Gasteiger partial charge is 0.300 e. The van der Waals surface area contributed by atoms with E-state index in [0.29, 0.717) is 10.1 Å². The predicted molar refractivity (Wildman–Crippen MR) is 97.9 cm³/mol. The second-order valence-corrected chi connectivity index (χ2v) is 6.71. The van der Waals surface area contributed by atoms with Gasteiger partial charge in [0, 0.05) is 0 Å². The van der Waals surface area contributed by atoms with E-state index >= 15 is 0 Å². The maximum absolute atomic E-state index is 12.2. The van der Waals surface area contributed by atoms with Crippen LogP contribution in [0.25, 0.3) is 6.08 Å². The summed E-state index contributed by atoms with van der Waals surface area (Å²) in [5, 5.41) is 3.45. The van der Waals surface area contributed by atoms with E-state index in [9.17, 15) is 4.79 Å². The van der Waals surface area contributed by atoms with Gasteiger partial charge in [-0.15, -0.1) is 0 Å². The number of benzene rings is 2. The Morgan fingerprint density at radius 2 is 1.83 bits per heavy atom. The zero-order valence-electron chi connectivity index (χ0n) is 13.4. The van der Waals surface area contributed by atoms with Gasteiger partial charge in [0.1, 0.15) is 0 Å². The van der Waals surface area contributed by atoms with Crippen molar-refractivity contribution < 1.29 is 4.79 Å². The van der Waals surface area contributed by atoms with Gasteiger partial charge in [0.25, 0.3) is 5.91 Å². The van der Waals surface area contributed by atoms with Crippen molar-refractivity contribution in [3.63, 3.8) is 0 Å². The second kappa shape index (κ2) is 6.42. The molecule has 0 spiro atoms. The van der Waals surface area contributed by atoms with E-state index in [1.54, 1.807) is 0 Å². The van der Waals surface area contributed by atoms with Crippen LogP contribution in [0.5, 0.6) is 0 Å². The summed E-state index contributed by atoms with van der Waals surface area (Å²) in [6.07, 6.45) is 1.93. The Balaban J connectivity index is 1.88. The van der Waals surface area contributed by atoms with Crippen molar-refractivity contribution in [2.45, 2.75) is 20.8 Å². The second-order valence-electron chi connectivity index (χ2n) is 5.68. The van der Waals surface area contributed by atoms with Crippen molar-refractivity contribution in [2.24, 2.45) is 4.99 Å². The van der Waals surface area contributed by atoms with Gasteiger partial charge in [-0.2, -0.15) is 0 Å². The SMILES string of the molecule is Cc1cccc(N=C2NC(=O)/C(=C\c3cc(C)ccc3C)S2)c1. The molecule has 3 rings (SSSR count). The number of nitrogens with zero attached hydrogens (tertiary/aromatic N) is 1. The normalized spacial score (nSPS) is 17.8. The number of hydrogen-bond donors (Lipinski definition) is 1. The molecule has 116 valence electrons. The number of hydrogen-bond acceptors (Lipinski definition) is 3. The molecule has 1 N–H and O–H groups in total. The smallest absolute Gasteiger partial charge is 0.264 e. The van der Waals surface area contributed by atoms with Gasteiger partial charge in [-0.25, -0.2) is 4.99 Å². The van der Waals surface area contributed by atoms with E-state index in [4.69, 9.17) is 0 Å². The first-order valence-electron chi connectivity index (χ1n) is 7.45. The summed E-state index contributed by atoms with van der Waals surface area (Å²) in [5.41, 5.74) is 5.40. The number of amidine groups is 1. The van der Waals surface area contributed by atoms with Gasteiger partial charge >= 0.3 is 0 Å². The molecule has 1 fully saturated rings. The van der Waals surface area contributed by atoms with Gasteiger partial charge in [-0.3, -0.25) is 4.79 Å². The first-order chi connectivity index (χ1) is 11.0. The molecule has 3 nitrogen and oxygen atoms in total. The Morgan fingerprint density at radius 1 is 1.04 bits per heavy atom. The standard InChI is InChI=1S/C19H18N2OS/c1-12-5-4-6-16(10-12)20-19-21-18(22)17(23-19)11-15-9-13(2)7-8-14(15)3/h4-11H,1-3H3,(H,20,21,22)/b17-11+. The highest BCUT2D eigenvalue weighted by Gasteiger charge is 2.23. The lowest BCUT2D eigenvalue weighted by Crippen LogP contribution is -2.19. The molecule has 1 amide bonds. The number of carbonyl (C=O) groups is 1. The van der Waals surface area contributed by atoms with E-state index < -0.39 is 0 Å². The minimum absolute atomic E-state index is 0.0951. The maximum atomic E-state index is 12.2. The number of aliphatic imine (C=N–C) groups is 1. The Hall–Kier alpha value is -2.33. The van der Waals surface area contributed by atoms with Crippen LogP contribution in [0.4, 0.5) is 5.69 Å². The molecule has 1 heterocycles. The first-order valence-corrected chi connectivity index (χ1v) is 8.26. The van der Waals surface area contributed by atoms with Gasteiger partial charge in [0.15, 0.2) is 5.17 Å². The highest BCUT2D eigenvalue weighted by atomic mass is 32.2. The molecule has 23 heavy (non-hydrogen) atoms. The summed E-state index contributed by atoms with van der Waals surface area (Å²) < 4.78 is 0. The van der Waals surface area contributed by atoms with Crippen molar-refractivity contribution in [2.75, 3.05) is 0 Å². The minimum Gasteiger partial charge on any atom is -0.300 e. The van der Waals surface area contributed by atoms with E-state index in [1.165, 1.54) is 17.3 Å². The van der Waals surface area contributed by atoms with Crippen molar-refractivity contribution >= 4 is 34.6 Å². The number of rotatable bonds is 2. The Morgan fingerprint density at radius 3 is 2.61 bits per heavy atom. The van der Waals surface area contributed by atoms with Gasteiger partial charge < -0.3 is 5.32 Å². The lowest BCUT2D eigenvalue weighted by atomic mass is 10.1. The number of nitrogens with one attached hydrogen (secondary N) is 1. The fraction of sp³-hybridized carbons (Fsp3) is 0.158. The fourth-order valence-electron chi connectivity index (χ4n) is 2.35. The van der Waals surface area contributed by atoms with Gasteiger partial charge in [0.05, 0.1) is 10.6 Å². The Bertz CT molecular complexity index is 837. The average Bonchev–Trinajstić information content (AvgIpc) is 2.83. The van der Waals surface area contributed by atoms with Gasteiger partial charge in [-0.1, -0.05) is 35.9 Å². The monoisotopic (exact) mass is 322 g/mol. The molecule has 0 unspecified atom stereocenters. The third kappa shape index (κ3) is 3.71. The molecule has 2 aromatic rings. The average molecular weight is 322 g/mol. The molecule has 0 aliphatic carbocycles. The molecule has 0 radical (unpaired) electrons. The molecular weight excluding hydrogens is 304 g/mol. The van der Waals surface area contributed by atoms with Crippen LogP contribution in [-0.4, -0.2) is 11.1 Å².